The van der Waals surface area contributed by atoms with E-state index in [-0.39, 0.29) is 5.91 Å². The van der Waals surface area contributed by atoms with Gasteiger partial charge in [0.1, 0.15) is 5.56 Å². The van der Waals surface area contributed by atoms with E-state index in [1.807, 2.05) is 36.4 Å². The lowest BCUT2D eigenvalue weighted by Gasteiger charge is -2.15. The average Bonchev–Trinajstić information content (AvgIpc) is 3.15. The summed E-state index contributed by atoms with van der Waals surface area (Å²) in [5.74, 6) is 1.01. The molecule has 1 aliphatic rings. The molecule has 1 N–H and O–H groups in total. The fraction of sp³-hybridized carbons (Fsp3) is 0.278. The van der Waals surface area contributed by atoms with Crippen LogP contribution in [0, 0.1) is 0 Å². The van der Waals surface area contributed by atoms with Crippen LogP contribution in [0.4, 0.5) is 0 Å². The van der Waals surface area contributed by atoms with Crippen LogP contribution >= 0.6 is 0 Å². The molecule has 0 spiro atoms. The van der Waals surface area contributed by atoms with Crippen LogP contribution < -0.4 is 0 Å². The van der Waals surface area contributed by atoms with Crippen molar-refractivity contribution in [3.05, 3.63) is 59.6 Å². The topological polar surface area (TPSA) is 75.0 Å². The smallest absolute Gasteiger partial charge is 0.259 e. The molecular weight excluding hydrogens is 304 g/mol. The van der Waals surface area contributed by atoms with Crippen molar-refractivity contribution in [1.82, 2.24) is 20.3 Å². The Balaban J connectivity index is 1.48. The van der Waals surface area contributed by atoms with E-state index in [0.29, 0.717) is 18.0 Å². The number of benzene rings is 1. The minimum Gasteiger partial charge on any atom is -0.360 e. The summed E-state index contributed by atoms with van der Waals surface area (Å²) in [4.78, 5) is 14.3. The lowest BCUT2D eigenvalue weighted by Crippen LogP contribution is -2.26. The molecule has 4 rings (SSSR count). The van der Waals surface area contributed by atoms with Crippen LogP contribution in [0.15, 0.2) is 47.1 Å². The van der Waals surface area contributed by atoms with Crippen molar-refractivity contribution < 1.29 is 9.32 Å². The number of nitrogens with zero attached hydrogens (tertiary/aromatic N) is 3. The SMILES string of the molecule is CN(Cc1cc(-c2ccccc2)n[nH]1)C(=O)c1cnoc1C1CC1. The Morgan fingerprint density at radius 3 is 2.88 bits per heavy atom. The Bertz CT molecular complexity index is 849. The van der Waals surface area contributed by atoms with Crippen LogP contribution in [0.3, 0.4) is 0 Å². The van der Waals surface area contributed by atoms with Crippen LogP contribution in [-0.4, -0.2) is 33.2 Å². The quantitative estimate of drug-likeness (QED) is 0.782. The third-order valence-corrected chi connectivity index (χ3v) is 4.23. The maximum absolute atomic E-state index is 12.6. The van der Waals surface area contributed by atoms with Gasteiger partial charge in [0.2, 0.25) is 0 Å². The molecule has 1 fully saturated rings. The Hall–Kier alpha value is -2.89. The molecule has 0 unspecified atom stereocenters. The number of H-pyrrole nitrogens is 1. The number of rotatable bonds is 5. The number of amides is 1. The van der Waals surface area contributed by atoms with Gasteiger partial charge in [0.15, 0.2) is 5.76 Å². The van der Waals surface area contributed by atoms with Gasteiger partial charge in [-0.1, -0.05) is 35.5 Å². The fourth-order valence-electron chi connectivity index (χ4n) is 2.78. The first-order chi connectivity index (χ1) is 11.7. The van der Waals surface area contributed by atoms with Gasteiger partial charge in [-0.15, -0.1) is 0 Å². The molecule has 0 aliphatic heterocycles. The standard InChI is InChI=1S/C18H18N4O2/c1-22(18(23)15-10-19-24-17(15)13-7-8-13)11-14-9-16(21-20-14)12-5-3-2-4-6-12/h2-6,9-10,13H,7-8,11H2,1H3,(H,20,21). The number of nitrogens with one attached hydrogen (secondary N) is 1. The van der Waals surface area contributed by atoms with E-state index < -0.39 is 0 Å². The molecule has 122 valence electrons. The van der Waals surface area contributed by atoms with Gasteiger partial charge >= 0.3 is 0 Å². The van der Waals surface area contributed by atoms with E-state index in [9.17, 15) is 4.79 Å². The lowest BCUT2D eigenvalue weighted by atomic mass is 10.1. The highest BCUT2D eigenvalue weighted by molar-refractivity contribution is 5.94. The number of aromatic amines is 1. The molecule has 24 heavy (non-hydrogen) atoms. The second-order valence-electron chi connectivity index (χ2n) is 6.18. The molecule has 1 amide bonds. The van der Waals surface area contributed by atoms with E-state index in [2.05, 4.69) is 15.4 Å². The molecule has 6 heteroatoms. The zero-order valence-corrected chi connectivity index (χ0v) is 13.4. The number of hydrogen-bond acceptors (Lipinski definition) is 4. The minimum atomic E-state index is -0.0750. The Morgan fingerprint density at radius 2 is 2.12 bits per heavy atom. The lowest BCUT2D eigenvalue weighted by molar-refractivity contribution is 0.0781. The van der Waals surface area contributed by atoms with E-state index in [4.69, 9.17) is 4.52 Å². The molecule has 6 nitrogen and oxygen atoms in total. The summed E-state index contributed by atoms with van der Waals surface area (Å²) in [5.41, 5.74) is 3.37. The van der Waals surface area contributed by atoms with Gasteiger partial charge in [-0.3, -0.25) is 9.89 Å². The van der Waals surface area contributed by atoms with Gasteiger partial charge in [-0.25, -0.2) is 0 Å². The molecule has 2 aromatic heterocycles. The summed E-state index contributed by atoms with van der Waals surface area (Å²) in [6.45, 7) is 0.452. The summed E-state index contributed by atoms with van der Waals surface area (Å²) in [6.07, 6.45) is 3.66. The van der Waals surface area contributed by atoms with Crippen molar-refractivity contribution in [1.29, 1.82) is 0 Å². The van der Waals surface area contributed by atoms with Crippen molar-refractivity contribution in [2.24, 2.45) is 0 Å². The van der Waals surface area contributed by atoms with Gasteiger partial charge in [-0.05, 0) is 18.9 Å². The molecular formula is C18H18N4O2. The summed E-state index contributed by atoms with van der Waals surface area (Å²) in [6, 6.07) is 11.9. The van der Waals surface area contributed by atoms with Crippen LogP contribution in [0.5, 0.6) is 0 Å². The highest BCUT2D eigenvalue weighted by atomic mass is 16.5. The Labute approximate surface area is 139 Å². The van der Waals surface area contributed by atoms with Crippen molar-refractivity contribution in [2.75, 3.05) is 7.05 Å². The fourth-order valence-corrected chi connectivity index (χ4v) is 2.78. The third-order valence-electron chi connectivity index (χ3n) is 4.23. The molecule has 2 heterocycles. The molecule has 1 aromatic carbocycles. The van der Waals surface area contributed by atoms with Gasteiger partial charge in [0.05, 0.1) is 24.1 Å². The molecule has 1 saturated carbocycles. The second-order valence-corrected chi connectivity index (χ2v) is 6.18. The largest absolute Gasteiger partial charge is 0.360 e. The molecule has 3 aromatic rings. The third kappa shape index (κ3) is 2.82. The van der Waals surface area contributed by atoms with Crippen LogP contribution in [-0.2, 0) is 6.54 Å². The number of carbonyl (C=O) groups excluding carboxylic acids is 1. The van der Waals surface area contributed by atoms with Crippen LogP contribution in [0.25, 0.3) is 11.3 Å². The Morgan fingerprint density at radius 1 is 1.33 bits per heavy atom. The summed E-state index contributed by atoms with van der Waals surface area (Å²) >= 11 is 0. The number of hydrogen-bond donors (Lipinski definition) is 1. The monoisotopic (exact) mass is 322 g/mol. The van der Waals surface area contributed by atoms with Crippen molar-refractivity contribution in [3.63, 3.8) is 0 Å². The van der Waals surface area contributed by atoms with Gasteiger partial charge in [0.25, 0.3) is 5.91 Å². The number of aromatic nitrogens is 3. The first-order valence-electron chi connectivity index (χ1n) is 8.02. The molecule has 0 bridgehead atoms. The maximum Gasteiger partial charge on any atom is 0.259 e. The summed E-state index contributed by atoms with van der Waals surface area (Å²) in [5, 5.41) is 11.1. The summed E-state index contributed by atoms with van der Waals surface area (Å²) < 4.78 is 5.25. The van der Waals surface area contributed by atoms with Crippen molar-refractivity contribution in [3.8, 4) is 11.3 Å². The predicted molar refractivity (Wildman–Crippen MR) is 88.3 cm³/mol. The van der Waals surface area contributed by atoms with Crippen LogP contribution in [0.2, 0.25) is 0 Å². The molecule has 0 atom stereocenters. The normalized spacial score (nSPS) is 13.9. The van der Waals surface area contributed by atoms with Crippen molar-refractivity contribution >= 4 is 5.91 Å². The van der Waals surface area contributed by atoms with Crippen molar-refractivity contribution in [2.45, 2.75) is 25.3 Å². The second kappa shape index (κ2) is 5.96. The first-order valence-corrected chi connectivity index (χ1v) is 8.02. The molecule has 0 saturated heterocycles. The Kier molecular flexibility index (Phi) is 3.65. The van der Waals surface area contributed by atoms with Gasteiger partial charge in [0, 0.05) is 18.5 Å². The highest BCUT2D eigenvalue weighted by Gasteiger charge is 2.33. The number of carbonyl (C=O) groups is 1. The van der Waals surface area contributed by atoms with Gasteiger partial charge < -0.3 is 9.42 Å². The van der Waals surface area contributed by atoms with Gasteiger partial charge in [-0.2, -0.15) is 5.10 Å². The van der Waals surface area contributed by atoms with E-state index >= 15 is 0 Å². The average molecular weight is 322 g/mol. The minimum absolute atomic E-state index is 0.0750. The zero-order chi connectivity index (χ0) is 16.5. The van der Waals surface area contributed by atoms with Crippen LogP contribution in [0.1, 0.15) is 40.6 Å². The van der Waals surface area contributed by atoms with E-state index in [1.54, 1.807) is 11.9 Å². The summed E-state index contributed by atoms with van der Waals surface area (Å²) in [7, 11) is 1.77. The highest BCUT2D eigenvalue weighted by Crippen LogP contribution is 2.41. The zero-order valence-electron chi connectivity index (χ0n) is 13.4. The molecule has 0 radical (unpaired) electrons. The van der Waals surface area contributed by atoms with E-state index in [0.717, 1.165) is 35.6 Å². The first kappa shape index (κ1) is 14.7. The van der Waals surface area contributed by atoms with E-state index in [1.165, 1.54) is 6.20 Å². The molecule has 1 aliphatic carbocycles. The predicted octanol–water partition coefficient (Wildman–Crippen LogP) is 3.21. The maximum atomic E-state index is 12.6.